The molecule has 0 saturated carbocycles. The van der Waals surface area contributed by atoms with Crippen molar-refractivity contribution in [2.24, 2.45) is 0 Å². The van der Waals surface area contributed by atoms with Crippen LogP contribution in [0.25, 0.3) is 0 Å². The minimum absolute atomic E-state index is 0.0373. The van der Waals surface area contributed by atoms with Crippen LogP contribution in [0.15, 0.2) is 47.5 Å². The zero-order valence-electron chi connectivity index (χ0n) is 19.0. The summed E-state index contributed by atoms with van der Waals surface area (Å²) in [6, 6.07) is 9.32. The highest BCUT2D eigenvalue weighted by molar-refractivity contribution is 7.92. The van der Waals surface area contributed by atoms with Gasteiger partial charge in [-0.2, -0.15) is 4.98 Å². The predicted molar refractivity (Wildman–Crippen MR) is 133 cm³/mol. The number of carbonyl (C=O) groups excluding carboxylic acids is 2. The van der Waals surface area contributed by atoms with Gasteiger partial charge < -0.3 is 5.32 Å². The Hall–Kier alpha value is -3.57. The Bertz CT molecular complexity index is 1400. The Morgan fingerprint density at radius 3 is 2.69 bits per heavy atom. The number of urea groups is 1. The molecule has 0 fully saturated rings. The van der Waals surface area contributed by atoms with Crippen LogP contribution in [0.3, 0.4) is 0 Å². The highest BCUT2D eigenvalue weighted by Crippen LogP contribution is 2.30. The van der Waals surface area contributed by atoms with Gasteiger partial charge in [0.15, 0.2) is 21.9 Å². The van der Waals surface area contributed by atoms with Gasteiger partial charge in [0.05, 0.1) is 22.0 Å². The quantitative estimate of drug-likeness (QED) is 0.466. The minimum atomic E-state index is -3.58. The predicted octanol–water partition coefficient (Wildman–Crippen LogP) is 4.25. The fourth-order valence-corrected chi connectivity index (χ4v) is 4.94. The van der Waals surface area contributed by atoms with E-state index in [4.69, 9.17) is 11.6 Å². The van der Waals surface area contributed by atoms with Gasteiger partial charge in [-0.05, 0) is 50.5 Å². The second kappa shape index (κ2) is 9.96. The number of fused-ring (bicyclic) bond motifs is 1. The van der Waals surface area contributed by atoms with Crippen molar-refractivity contribution in [1.82, 2.24) is 15.0 Å². The Balaban J connectivity index is 1.60. The monoisotopic (exact) mass is 514 g/mol. The lowest BCUT2D eigenvalue weighted by Crippen LogP contribution is -2.39. The molecule has 1 aliphatic rings. The summed E-state index contributed by atoms with van der Waals surface area (Å²) in [7, 11) is -3.58. The molecular weight excluding hydrogens is 492 g/mol. The van der Waals surface area contributed by atoms with Gasteiger partial charge in [-0.1, -0.05) is 29.8 Å². The van der Waals surface area contributed by atoms with E-state index in [1.807, 2.05) is 0 Å². The molecule has 0 atom stereocenters. The number of nitrogens with one attached hydrogen (secondary N) is 2. The molecule has 10 nitrogen and oxygen atoms in total. The summed E-state index contributed by atoms with van der Waals surface area (Å²) in [5, 5.41) is 5.09. The van der Waals surface area contributed by atoms with Gasteiger partial charge in [0, 0.05) is 6.54 Å². The molecule has 2 N–H and O–H groups in total. The number of halogens is 1. The number of sulfone groups is 1. The lowest BCUT2D eigenvalue weighted by Gasteiger charge is -2.28. The van der Waals surface area contributed by atoms with Crippen LogP contribution in [0.4, 0.5) is 28.1 Å². The maximum absolute atomic E-state index is 13.0. The smallest absolute Gasteiger partial charge is 0.329 e. The number of carbonyl (C=O) groups is 2. The average molecular weight is 515 g/mol. The van der Waals surface area contributed by atoms with Crippen molar-refractivity contribution in [1.29, 1.82) is 0 Å². The maximum Gasteiger partial charge on any atom is 0.329 e. The number of pyridine rings is 1. The third-order valence-electron chi connectivity index (χ3n) is 5.46. The first-order chi connectivity index (χ1) is 16.7. The molecule has 1 aliphatic heterocycles. The number of anilines is 4. The third kappa shape index (κ3) is 5.10. The Morgan fingerprint density at radius 2 is 1.94 bits per heavy atom. The van der Waals surface area contributed by atoms with Gasteiger partial charge in [0.1, 0.15) is 16.5 Å². The lowest BCUT2D eigenvalue weighted by atomic mass is 10.1. The molecule has 4 rings (SSSR count). The van der Waals surface area contributed by atoms with Gasteiger partial charge in [-0.15, -0.1) is 0 Å². The van der Waals surface area contributed by atoms with Crippen LogP contribution < -0.4 is 15.5 Å². The number of aromatic nitrogens is 3. The van der Waals surface area contributed by atoms with Crippen molar-refractivity contribution in [2.75, 3.05) is 22.1 Å². The topological polar surface area (TPSA) is 134 Å². The van der Waals surface area contributed by atoms with Gasteiger partial charge in [0.2, 0.25) is 5.95 Å². The van der Waals surface area contributed by atoms with E-state index in [-0.39, 0.29) is 27.4 Å². The van der Waals surface area contributed by atoms with E-state index >= 15 is 0 Å². The standard InChI is InChI=1S/C23H23ClN6O4S/c1-14(2)35(33,34)19-8-4-3-7-18(19)27-20-17(24)12-25-22(28-20)29-23(32)30-11-5-6-15-9-10-16(13-31)26-21(15)30/h3-4,7-10,12-14H,5-6,11H2,1-2H3,(H2,25,27,28,29,32). The number of amides is 2. The highest BCUT2D eigenvalue weighted by Gasteiger charge is 2.26. The van der Waals surface area contributed by atoms with Crippen LogP contribution in [0, 0.1) is 0 Å². The number of aldehydes is 1. The zero-order valence-corrected chi connectivity index (χ0v) is 20.6. The minimum Gasteiger partial charge on any atom is -0.338 e. The van der Waals surface area contributed by atoms with E-state index in [9.17, 15) is 18.0 Å². The van der Waals surface area contributed by atoms with Crippen molar-refractivity contribution >= 4 is 57.0 Å². The van der Waals surface area contributed by atoms with Crippen molar-refractivity contribution in [3.05, 3.63) is 58.9 Å². The van der Waals surface area contributed by atoms with Gasteiger partial charge in [0.25, 0.3) is 0 Å². The second-order valence-corrected chi connectivity index (χ2v) is 11.0. The second-order valence-electron chi connectivity index (χ2n) is 8.13. The van der Waals surface area contributed by atoms with E-state index < -0.39 is 21.1 Å². The molecule has 182 valence electrons. The maximum atomic E-state index is 13.0. The van der Waals surface area contributed by atoms with E-state index in [0.717, 1.165) is 18.4 Å². The molecule has 35 heavy (non-hydrogen) atoms. The summed E-state index contributed by atoms with van der Waals surface area (Å²) < 4.78 is 25.5. The number of hydrogen-bond acceptors (Lipinski definition) is 8. The summed E-state index contributed by atoms with van der Waals surface area (Å²) in [6.07, 6.45) is 3.41. The summed E-state index contributed by atoms with van der Waals surface area (Å²) >= 11 is 6.26. The summed E-state index contributed by atoms with van der Waals surface area (Å²) in [4.78, 5) is 38.3. The molecule has 3 heterocycles. The van der Waals surface area contributed by atoms with Gasteiger partial charge in [-0.25, -0.2) is 23.2 Å². The number of benzene rings is 1. The molecule has 2 amide bonds. The van der Waals surface area contributed by atoms with E-state index in [1.165, 1.54) is 17.2 Å². The molecule has 0 saturated heterocycles. The molecule has 0 bridgehead atoms. The van der Waals surface area contributed by atoms with Crippen molar-refractivity contribution in [2.45, 2.75) is 36.8 Å². The summed E-state index contributed by atoms with van der Waals surface area (Å²) in [5.41, 5.74) is 1.39. The van der Waals surface area contributed by atoms with Crippen LogP contribution in [-0.2, 0) is 16.3 Å². The van der Waals surface area contributed by atoms with Crippen LogP contribution in [0.5, 0.6) is 0 Å². The Labute approximate surface area is 207 Å². The average Bonchev–Trinajstić information content (AvgIpc) is 2.85. The highest BCUT2D eigenvalue weighted by atomic mass is 35.5. The van der Waals surface area contributed by atoms with Crippen LogP contribution in [-0.4, -0.2) is 47.5 Å². The first-order valence-corrected chi connectivity index (χ1v) is 12.8. The molecule has 3 aromatic rings. The van der Waals surface area contributed by atoms with Gasteiger partial charge in [-0.3, -0.25) is 15.0 Å². The molecule has 12 heteroatoms. The SMILES string of the molecule is CC(C)S(=O)(=O)c1ccccc1Nc1nc(NC(=O)N2CCCc3ccc(C=O)nc32)ncc1Cl. The molecule has 2 aromatic heterocycles. The fraction of sp³-hybridized carbons (Fsp3) is 0.261. The van der Waals surface area contributed by atoms with E-state index in [1.54, 1.807) is 44.2 Å². The van der Waals surface area contributed by atoms with Crippen LogP contribution >= 0.6 is 11.6 Å². The van der Waals surface area contributed by atoms with E-state index in [0.29, 0.717) is 24.3 Å². The molecular formula is C23H23ClN6O4S. The molecule has 0 radical (unpaired) electrons. The number of para-hydroxylation sites is 1. The molecule has 0 unspecified atom stereocenters. The van der Waals surface area contributed by atoms with Crippen molar-refractivity contribution in [3.8, 4) is 0 Å². The first kappa shape index (κ1) is 24.6. The first-order valence-electron chi connectivity index (χ1n) is 10.9. The fourth-order valence-electron chi connectivity index (χ4n) is 3.60. The third-order valence-corrected chi connectivity index (χ3v) is 7.94. The Morgan fingerprint density at radius 1 is 1.17 bits per heavy atom. The Kier molecular flexibility index (Phi) is 6.99. The molecule has 0 spiro atoms. The largest absolute Gasteiger partial charge is 0.338 e. The molecule has 1 aromatic carbocycles. The van der Waals surface area contributed by atoms with Gasteiger partial charge >= 0.3 is 6.03 Å². The number of aryl methyl sites for hydroxylation is 1. The van der Waals surface area contributed by atoms with E-state index in [2.05, 4.69) is 25.6 Å². The van der Waals surface area contributed by atoms with Crippen LogP contribution in [0.1, 0.15) is 36.3 Å². The number of rotatable bonds is 6. The summed E-state index contributed by atoms with van der Waals surface area (Å²) in [5.74, 6) is 0.507. The number of hydrogen-bond donors (Lipinski definition) is 2. The molecule has 0 aliphatic carbocycles. The lowest BCUT2D eigenvalue weighted by molar-refractivity contribution is 0.111. The normalized spacial score (nSPS) is 13.3. The van der Waals surface area contributed by atoms with Crippen molar-refractivity contribution in [3.63, 3.8) is 0 Å². The summed E-state index contributed by atoms with van der Waals surface area (Å²) in [6.45, 7) is 3.61. The van der Waals surface area contributed by atoms with Crippen molar-refractivity contribution < 1.29 is 18.0 Å². The zero-order chi connectivity index (χ0) is 25.2. The van der Waals surface area contributed by atoms with Crippen LogP contribution in [0.2, 0.25) is 5.02 Å². The number of nitrogens with zero attached hydrogens (tertiary/aromatic N) is 4.